The van der Waals surface area contributed by atoms with E-state index in [4.69, 9.17) is 16.6 Å². The zero-order valence-corrected chi connectivity index (χ0v) is 16.4. The first kappa shape index (κ1) is 18.4. The molecule has 3 aromatic rings. The molecular weight excluding hydrogens is 348 g/mol. The van der Waals surface area contributed by atoms with Crippen LogP contribution in [0.3, 0.4) is 0 Å². The number of benzene rings is 1. The average molecular weight is 371 g/mol. The molecule has 0 saturated carbocycles. The van der Waals surface area contributed by atoms with Crippen LogP contribution in [0.4, 0.5) is 5.69 Å². The molecule has 0 radical (unpaired) electrons. The van der Waals surface area contributed by atoms with Gasteiger partial charge >= 0.3 is 0 Å². The molecule has 3 rings (SSSR count). The lowest BCUT2D eigenvalue weighted by Crippen LogP contribution is -2.15. The van der Waals surface area contributed by atoms with Crippen molar-refractivity contribution < 1.29 is 4.79 Å². The first-order chi connectivity index (χ1) is 12.3. The molecule has 0 atom stereocenters. The lowest BCUT2D eigenvalue weighted by Gasteiger charge is -2.13. The molecule has 2 aromatic heterocycles. The van der Waals surface area contributed by atoms with Crippen molar-refractivity contribution in [2.75, 3.05) is 5.32 Å². The molecule has 0 unspecified atom stereocenters. The van der Waals surface area contributed by atoms with Crippen LogP contribution in [0.25, 0.3) is 11.0 Å². The van der Waals surface area contributed by atoms with Gasteiger partial charge in [-0.05, 0) is 50.5 Å². The number of hydrogen-bond donors (Lipinski definition) is 1. The Morgan fingerprint density at radius 2 is 1.96 bits per heavy atom. The number of hydrogen-bond acceptors (Lipinski definition) is 3. The molecule has 1 aromatic carbocycles. The largest absolute Gasteiger partial charge is 0.322 e. The van der Waals surface area contributed by atoms with E-state index in [0.717, 1.165) is 22.3 Å². The minimum Gasteiger partial charge on any atom is -0.322 e. The molecule has 1 amide bonds. The van der Waals surface area contributed by atoms with Crippen molar-refractivity contribution in [1.29, 1.82) is 0 Å². The monoisotopic (exact) mass is 370 g/mol. The maximum Gasteiger partial charge on any atom is 0.256 e. The van der Waals surface area contributed by atoms with Crippen molar-refractivity contribution in [3.05, 3.63) is 52.3 Å². The molecule has 6 heteroatoms. The fraction of sp³-hybridized carbons (Fsp3) is 0.350. The van der Waals surface area contributed by atoms with Crippen LogP contribution >= 0.6 is 11.6 Å². The van der Waals surface area contributed by atoms with Gasteiger partial charge < -0.3 is 5.32 Å². The molecule has 0 saturated heterocycles. The van der Waals surface area contributed by atoms with Gasteiger partial charge in [-0.25, -0.2) is 9.67 Å². The first-order valence-electron chi connectivity index (χ1n) is 8.74. The van der Waals surface area contributed by atoms with Crippen molar-refractivity contribution >= 4 is 34.2 Å². The predicted octanol–water partition coefficient (Wildman–Crippen LogP) is 5.35. The zero-order chi connectivity index (χ0) is 19.0. The van der Waals surface area contributed by atoms with Crippen molar-refractivity contribution in [3.63, 3.8) is 0 Å². The van der Waals surface area contributed by atoms with Gasteiger partial charge in [0.05, 0.1) is 17.1 Å². The number of aromatic nitrogens is 3. The van der Waals surface area contributed by atoms with Crippen LogP contribution in [-0.2, 0) is 0 Å². The van der Waals surface area contributed by atoms with Crippen LogP contribution < -0.4 is 5.32 Å². The Kier molecular flexibility index (Phi) is 5.01. The third-order valence-corrected chi connectivity index (χ3v) is 4.84. The van der Waals surface area contributed by atoms with Gasteiger partial charge in [0, 0.05) is 22.4 Å². The summed E-state index contributed by atoms with van der Waals surface area (Å²) in [5, 5.41) is 8.78. The highest BCUT2D eigenvalue weighted by atomic mass is 35.5. The SMILES string of the molecule is Cc1c(Cl)cccc1NC(=O)c1cc(C(C)C)nc2c1cnn2C(C)C. The normalized spacial score (nSPS) is 11.5. The lowest BCUT2D eigenvalue weighted by atomic mass is 10.0. The summed E-state index contributed by atoms with van der Waals surface area (Å²) in [6.45, 7) is 10.1. The van der Waals surface area contributed by atoms with E-state index in [0.29, 0.717) is 16.3 Å². The number of nitrogens with zero attached hydrogens (tertiary/aromatic N) is 3. The Balaban J connectivity index is 2.11. The number of rotatable bonds is 4. The number of pyridine rings is 1. The summed E-state index contributed by atoms with van der Waals surface area (Å²) < 4.78 is 1.85. The van der Waals surface area contributed by atoms with E-state index >= 15 is 0 Å². The minimum absolute atomic E-state index is 0.161. The smallest absolute Gasteiger partial charge is 0.256 e. The quantitative estimate of drug-likeness (QED) is 0.673. The molecule has 26 heavy (non-hydrogen) atoms. The van der Waals surface area contributed by atoms with Gasteiger partial charge in [-0.15, -0.1) is 0 Å². The van der Waals surface area contributed by atoms with Gasteiger partial charge in [0.2, 0.25) is 0 Å². The Morgan fingerprint density at radius 1 is 1.23 bits per heavy atom. The second kappa shape index (κ2) is 7.08. The summed E-state index contributed by atoms with van der Waals surface area (Å²) in [6.07, 6.45) is 1.71. The van der Waals surface area contributed by atoms with E-state index in [1.807, 2.05) is 43.7 Å². The Hall–Kier alpha value is -2.40. The molecule has 0 fully saturated rings. The molecule has 0 spiro atoms. The fourth-order valence-corrected chi connectivity index (χ4v) is 3.01. The Morgan fingerprint density at radius 3 is 2.62 bits per heavy atom. The van der Waals surface area contributed by atoms with Crippen molar-refractivity contribution in [2.45, 2.75) is 46.6 Å². The summed E-state index contributed by atoms with van der Waals surface area (Å²) >= 11 is 6.17. The van der Waals surface area contributed by atoms with Gasteiger partial charge in [0.25, 0.3) is 5.91 Å². The minimum atomic E-state index is -0.187. The van der Waals surface area contributed by atoms with Crippen LogP contribution in [0.1, 0.15) is 61.3 Å². The van der Waals surface area contributed by atoms with Crippen molar-refractivity contribution in [1.82, 2.24) is 14.8 Å². The molecule has 5 nitrogen and oxygen atoms in total. The molecule has 0 bridgehead atoms. The predicted molar refractivity (Wildman–Crippen MR) is 106 cm³/mol. The fourth-order valence-electron chi connectivity index (χ4n) is 2.83. The van der Waals surface area contributed by atoms with E-state index in [1.54, 1.807) is 12.3 Å². The summed E-state index contributed by atoms with van der Waals surface area (Å²) in [6, 6.07) is 7.49. The third kappa shape index (κ3) is 3.31. The second-order valence-electron chi connectivity index (χ2n) is 7.04. The van der Waals surface area contributed by atoms with Crippen LogP contribution in [-0.4, -0.2) is 20.7 Å². The van der Waals surface area contributed by atoms with E-state index in [1.165, 1.54) is 0 Å². The average Bonchev–Trinajstić information content (AvgIpc) is 3.02. The summed E-state index contributed by atoms with van der Waals surface area (Å²) in [5.41, 5.74) is 3.72. The molecule has 0 aliphatic heterocycles. The molecule has 0 aliphatic carbocycles. The number of anilines is 1. The highest BCUT2D eigenvalue weighted by molar-refractivity contribution is 6.31. The maximum absolute atomic E-state index is 13.0. The Labute approximate surface area is 158 Å². The molecule has 136 valence electrons. The number of fused-ring (bicyclic) bond motifs is 1. The molecule has 0 aliphatic rings. The number of nitrogens with one attached hydrogen (secondary N) is 1. The lowest BCUT2D eigenvalue weighted by molar-refractivity contribution is 0.102. The van der Waals surface area contributed by atoms with E-state index in [9.17, 15) is 4.79 Å². The standard InChI is InChI=1S/C20H23ClN4O/c1-11(2)18-9-14(15-10-22-25(12(3)4)19(15)23-18)20(26)24-17-8-6-7-16(21)13(17)5/h6-12H,1-5H3,(H,24,26). The van der Waals surface area contributed by atoms with Gasteiger partial charge in [-0.1, -0.05) is 31.5 Å². The summed E-state index contributed by atoms with van der Waals surface area (Å²) in [7, 11) is 0. The van der Waals surface area contributed by atoms with Gasteiger partial charge in [0.15, 0.2) is 5.65 Å². The van der Waals surface area contributed by atoms with E-state index in [-0.39, 0.29) is 17.9 Å². The summed E-state index contributed by atoms with van der Waals surface area (Å²) in [5.74, 6) is 0.0161. The van der Waals surface area contributed by atoms with Crippen molar-refractivity contribution in [2.24, 2.45) is 0 Å². The van der Waals surface area contributed by atoms with Crippen LogP contribution in [0, 0.1) is 6.92 Å². The van der Waals surface area contributed by atoms with Gasteiger partial charge in [-0.2, -0.15) is 5.10 Å². The summed E-state index contributed by atoms with van der Waals surface area (Å²) in [4.78, 5) is 17.8. The highest BCUT2D eigenvalue weighted by Crippen LogP contribution is 2.27. The number of carbonyl (C=O) groups is 1. The molecule has 1 N–H and O–H groups in total. The third-order valence-electron chi connectivity index (χ3n) is 4.43. The van der Waals surface area contributed by atoms with E-state index < -0.39 is 0 Å². The van der Waals surface area contributed by atoms with Crippen molar-refractivity contribution in [3.8, 4) is 0 Å². The Bertz CT molecular complexity index is 975. The maximum atomic E-state index is 13.0. The second-order valence-corrected chi connectivity index (χ2v) is 7.44. The topological polar surface area (TPSA) is 59.8 Å². The molecular formula is C20H23ClN4O. The van der Waals surface area contributed by atoms with Crippen LogP contribution in [0.2, 0.25) is 5.02 Å². The molecule has 2 heterocycles. The van der Waals surface area contributed by atoms with Gasteiger partial charge in [-0.3, -0.25) is 4.79 Å². The highest BCUT2D eigenvalue weighted by Gasteiger charge is 2.19. The number of halogens is 1. The first-order valence-corrected chi connectivity index (χ1v) is 9.12. The van der Waals surface area contributed by atoms with Crippen LogP contribution in [0.5, 0.6) is 0 Å². The van der Waals surface area contributed by atoms with Gasteiger partial charge in [0.1, 0.15) is 0 Å². The number of carbonyl (C=O) groups excluding carboxylic acids is 1. The van der Waals surface area contributed by atoms with E-state index in [2.05, 4.69) is 24.3 Å². The number of amides is 1. The van der Waals surface area contributed by atoms with Crippen LogP contribution in [0.15, 0.2) is 30.5 Å². The zero-order valence-electron chi connectivity index (χ0n) is 15.7.